The maximum Gasteiger partial charge on any atom is 0.416 e. The van der Waals surface area contributed by atoms with Gasteiger partial charge in [-0.1, -0.05) is 18.2 Å². The molecule has 0 atom stereocenters. The van der Waals surface area contributed by atoms with Crippen LogP contribution < -0.4 is 5.32 Å². The number of alkyl halides is 3. The SMILES string of the molecule is O=C(CCc1cccc(F)c1)Nc1cccc(C(F)(F)F)c1. The zero-order valence-corrected chi connectivity index (χ0v) is 11.5. The van der Waals surface area contributed by atoms with Gasteiger partial charge >= 0.3 is 6.18 Å². The van der Waals surface area contributed by atoms with Gasteiger partial charge < -0.3 is 5.32 Å². The third kappa shape index (κ3) is 4.58. The number of hydrogen-bond donors (Lipinski definition) is 1. The molecule has 22 heavy (non-hydrogen) atoms. The summed E-state index contributed by atoms with van der Waals surface area (Å²) in [7, 11) is 0. The molecule has 1 amide bonds. The molecule has 2 aromatic carbocycles. The van der Waals surface area contributed by atoms with Crippen LogP contribution in [0.4, 0.5) is 23.2 Å². The number of benzene rings is 2. The minimum atomic E-state index is -4.46. The third-order valence-electron chi connectivity index (χ3n) is 3.00. The van der Waals surface area contributed by atoms with Crippen molar-refractivity contribution >= 4 is 11.6 Å². The first-order valence-electron chi connectivity index (χ1n) is 6.56. The summed E-state index contributed by atoms with van der Waals surface area (Å²) in [6, 6.07) is 10.3. The molecule has 2 nitrogen and oxygen atoms in total. The van der Waals surface area contributed by atoms with E-state index in [9.17, 15) is 22.4 Å². The second kappa shape index (κ2) is 6.60. The Balaban J connectivity index is 1.95. The molecule has 0 aliphatic rings. The van der Waals surface area contributed by atoms with Gasteiger partial charge in [-0.2, -0.15) is 13.2 Å². The van der Waals surface area contributed by atoms with Gasteiger partial charge in [-0.25, -0.2) is 4.39 Å². The standard InChI is InChI=1S/C16H13F4NO/c17-13-5-1-3-11(9-13)7-8-15(22)21-14-6-2-4-12(10-14)16(18,19)20/h1-6,9-10H,7-8H2,(H,21,22). The topological polar surface area (TPSA) is 29.1 Å². The minimum Gasteiger partial charge on any atom is -0.326 e. The van der Waals surface area contributed by atoms with Crippen LogP contribution in [-0.4, -0.2) is 5.91 Å². The molecule has 0 aromatic heterocycles. The number of hydrogen-bond acceptors (Lipinski definition) is 1. The van der Waals surface area contributed by atoms with Crippen molar-refractivity contribution in [2.75, 3.05) is 5.32 Å². The van der Waals surface area contributed by atoms with Gasteiger partial charge in [0.2, 0.25) is 5.91 Å². The lowest BCUT2D eigenvalue weighted by Crippen LogP contribution is -2.13. The normalized spacial score (nSPS) is 11.3. The fourth-order valence-corrected chi connectivity index (χ4v) is 1.95. The average molecular weight is 311 g/mol. The Labute approximate surface area is 124 Å². The van der Waals surface area contributed by atoms with Gasteiger partial charge in [0.25, 0.3) is 0 Å². The van der Waals surface area contributed by atoms with Crippen molar-refractivity contribution in [1.82, 2.24) is 0 Å². The van der Waals surface area contributed by atoms with E-state index in [0.29, 0.717) is 12.0 Å². The van der Waals surface area contributed by atoms with E-state index >= 15 is 0 Å². The van der Waals surface area contributed by atoms with E-state index in [1.807, 2.05) is 0 Å². The van der Waals surface area contributed by atoms with E-state index in [4.69, 9.17) is 0 Å². The molecule has 0 aliphatic heterocycles. The zero-order valence-electron chi connectivity index (χ0n) is 11.5. The summed E-state index contributed by atoms with van der Waals surface area (Å²) in [4.78, 5) is 11.7. The molecule has 6 heteroatoms. The summed E-state index contributed by atoms with van der Waals surface area (Å²) >= 11 is 0. The number of carbonyl (C=O) groups is 1. The summed E-state index contributed by atoms with van der Waals surface area (Å²) < 4.78 is 50.7. The lowest BCUT2D eigenvalue weighted by molar-refractivity contribution is -0.137. The van der Waals surface area contributed by atoms with Crippen molar-refractivity contribution < 1.29 is 22.4 Å². The van der Waals surface area contributed by atoms with Crippen LogP contribution in [0.25, 0.3) is 0 Å². The maximum atomic E-state index is 13.0. The second-order valence-corrected chi connectivity index (χ2v) is 4.76. The minimum absolute atomic E-state index is 0.0553. The summed E-state index contributed by atoms with van der Waals surface area (Å²) in [6.07, 6.45) is -4.09. The van der Waals surface area contributed by atoms with E-state index in [1.54, 1.807) is 6.07 Å². The van der Waals surface area contributed by atoms with E-state index in [2.05, 4.69) is 5.32 Å². The molecule has 0 aliphatic carbocycles. The van der Waals surface area contributed by atoms with Crippen molar-refractivity contribution in [3.63, 3.8) is 0 Å². The first-order chi connectivity index (χ1) is 10.3. The van der Waals surface area contributed by atoms with Gasteiger partial charge in [0.1, 0.15) is 5.82 Å². The van der Waals surface area contributed by atoms with Crippen molar-refractivity contribution in [1.29, 1.82) is 0 Å². The van der Waals surface area contributed by atoms with Crippen molar-refractivity contribution in [2.24, 2.45) is 0 Å². The lowest BCUT2D eigenvalue weighted by atomic mass is 10.1. The predicted octanol–water partition coefficient (Wildman–Crippen LogP) is 4.42. The van der Waals surface area contributed by atoms with Crippen LogP contribution in [0.2, 0.25) is 0 Å². The smallest absolute Gasteiger partial charge is 0.326 e. The van der Waals surface area contributed by atoms with E-state index in [1.165, 1.54) is 30.3 Å². The van der Waals surface area contributed by atoms with Crippen LogP contribution in [0.15, 0.2) is 48.5 Å². The number of amides is 1. The molecule has 0 fully saturated rings. The summed E-state index contributed by atoms with van der Waals surface area (Å²) in [6.45, 7) is 0. The predicted molar refractivity (Wildman–Crippen MR) is 74.8 cm³/mol. The van der Waals surface area contributed by atoms with Gasteiger partial charge in [-0.3, -0.25) is 4.79 Å². The van der Waals surface area contributed by atoms with Crippen LogP contribution in [-0.2, 0) is 17.4 Å². The first kappa shape index (κ1) is 16.0. The number of nitrogens with one attached hydrogen (secondary N) is 1. The van der Waals surface area contributed by atoms with E-state index in [0.717, 1.165) is 12.1 Å². The highest BCUT2D eigenvalue weighted by Gasteiger charge is 2.30. The zero-order chi connectivity index (χ0) is 16.2. The highest BCUT2D eigenvalue weighted by molar-refractivity contribution is 5.90. The second-order valence-electron chi connectivity index (χ2n) is 4.76. The molecule has 0 saturated heterocycles. The number of anilines is 1. The van der Waals surface area contributed by atoms with Crippen LogP contribution in [0.1, 0.15) is 17.5 Å². The molecule has 2 aromatic rings. The number of rotatable bonds is 4. The van der Waals surface area contributed by atoms with Gasteiger partial charge in [-0.05, 0) is 42.3 Å². The molecule has 0 bridgehead atoms. The Morgan fingerprint density at radius 1 is 1.05 bits per heavy atom. The molecule has 116 valence electrons. The maximum absolute atomic E-state index is 13.0. The monoisotopic (exact) mass is 311 g/mol. The molecule has 0 spiro atoms. The van der Waals surface area contributed by atoms with Crippen LogP contribution in [0, 0.1) is 5.82 Å². The van der Waals surface area contributed by atoms with E-state index in [-0.39, 0.29) is 12.1 Å². The lowest BCUT2D eigenvalue weighted by Gasteiger charge is -2.10. The number of halogens is 4. The molecular formula is C16H13F4NO. The highest BCUT2D eigenvalue weighted by atomic mass is 19.4. The molecule has 1 N–H and O–H groups in total. The molecule has 0 saturated carbocycles. The third-order valence-corrected chi connectivity index (χ3v) is 3.00. The fourth-order valence-electron chi connectivity index (χ4n) is 1.95. The van der Waals surface area contributed by atoms with Gasteiger partial charge in [0.05, 0.1) is 5.56 Å². The van der Waals surface area contributed by atoms with Gasteiger partial charge in [0.15, 0.2) is 0 Å². The molecule has 0 heterocycles. The Kier molecular flexibility index (Phi) is 4.80. The first-order valence-corrected chi connectivity index (χ1v) is 6.56. The summed E-state index contributed by atoms with van der Waals surface area (Å²) in [5.41, 5.74) is -0.0892. The molecule has 0 radical (unpaired) electrons. The van der Waals surface area contributed by atoms with Gasteiger partial charge in [0, 0.05) is 12.1 Å². The highest BCUT2D eigenvalue weighted by Crippen LogP contribution is 2.30. The van der Waals surface area contributed by atoms with Crippen LogP contribution in [0.5, 0.6) is 0 Å². The van der Waals surface area contributed by atoms with Gasteiger partial charge in [-0.15, -0.1) is 0 Å². The fraction of sp³-hybridized carbons (Fsp3) is 0.188. The van der Waals surface area contributed by atoms with Crippen molar-refractivity contribution in [2.45, 2.75) is 19.0 Å². The Morgan fingerprint density at radius 2 is 1.77 bits per heavy atom. The summed E-state index contributed by atoms with van der Waals surface area (Å²) in [5.74, 6) is -0.820. The number of carbonyl (C=O) groups excluding carboxylic acids is 1. The Bertz CT molecular complexity index is 667. The Hall–Kier alpha value is -2.37. The van der Waals surface area contributed by atoms with E-state index < -0.39 is 23.5 Å². The summed E-state index contributed by atoms with van der Waals surface area (Å²) in [5, 5.41) is 2.41. The molecular weight excluding hydrogens is 298 g/mol. The molecule has 0 unspecified atom stereocenters. The molecule has 2 rings (SSSR count). The van der Waals surface area contributed by atoms with Crippen molar-refractivity contribution in [3.8, 4) is 0 Å². The van der Waals surface area contributed by atoms with Crippen LogP contribution in [0.3, 0.4) is 0 Å². The quantitative estimate of drug-likeness (QED) is 0.832. The number of aryl methyl sites for hydroxylation is 1. The Morgan fingerprint density at radius 3 is 2.45 bits per heavy atom. The van der Waals surface area contributed by atoms with Crippen LogP contribution >= 0.6 is 0 Å². The average Bonchev–Trinajstić information content (AvgIpc) is 2.45. The van der Waals surface area contributed by atoms with Crippen molar-refractivity contribution in [3.05, 3.63) is 65.5 Å². The largest absolute Gasteiger partial charge is 0.416 e.